The van der Waals surface area contributed by atoms with Crippen LogP contribution in [0.1, 0.15) is 40.8 Å². The Bertz CT molecular complexity index is 1050. The lowest BCUT2D eigenvalue weighted by Gasteiger charge is -2.19. The zero-order valence-electron chi connectivity index (χ0n) is 19.1. The fraction of sp³-hybridized carbons (Fsp3) is 0.333. The number of aliphatic hydroxyl groups excluding tert-OH is 2. The third-order valence-corrected chi connectivity index (χ3v) is 5.60. The molecule has 0 fully saturated rings. The minimum atomic E-state index is -3.05. The highest BCUT2D eigenvalue weighted by Crippen LogP contribution is 2.28. The van der Waals surface area contributed by atoms with E-state index in [0.29, 0.717) is 24.1 Å². The fourth-order valence-corrected chi connectivity index (χ4v) is 3.70. The molecule has 0 heterocycles. The van der Waals surface area contributed by atoms with Gasteiger partial charge in [0.1, 0.15) is 12.4 Å². The predicted octanol–water partition coefficient (Wildman–Crippen LogP) is 4.45. The van der Waals surface area contributed by atoms with Gasteiger partial charge in [-0.3, -0.25) is 0 Å². The number of hydrogen-bond acceptors (Lipinski definition) is 5. The SMILES string of the molecule is CC(Cc1cccc(COCC(F)(F)c2ccccc2)c1)NCC(O)c1ccc(O)c(CO)c1. The fourth-order valence-electron chi connectivity index (χ4n) is 3.70. The molecule has 3 aromatic carbocycles. The lowest BCUT2D eigenvalue weighted by molar-refractivity contribution is -0.0873. The average molecular weight is 472 g/mol. The Kier molecular flexibility index (Phi) is 9.12. The summed E-state index contributed by atoms with van der Waals surface area (Å²) >= 11 is 0. The van der Waals surface area contributed by atoms with Crippen molar-refractivity contribution in [3.05, 3.63) is 101 Å². The van der Waals surface area contributed by atoms with Crippen molar-refractivity contribution < 1.29 is 28.8 Å². The molecule has 7 heteroatoms. The molecule has 0 radical (unpaired) electrons. The van der Waals surface area contributed by atoms with Crippen LogP contribution in [0.3, 0.4) is 0 Å². The van der Waals surface area contributed by atoms with Crippen LogP contribution in [-0.4, -0.2) is 34.5 Å². The molecule has 2 unspecified atom stereocenters. The topological polar surface area (TPSA) is 82.0 Å². The van der Waals surface area contributed by atoms with E-state index in [1.54, 1.807) is 30.3 Å². The van der Waals surface area contributed by atoms with Crippen LogP contribution in [0, 0.1) is 0 Å². The molecular weight excluding hydrogens is 440 g/mol. The summed E-state index contributed by atoms with van der Waals surface area (Å²) < 4.78 is 33.9. The van der Waals surface area contributed by atoms with E-state index >= 15 is 0 Å². The summed E-state index contributed by atoms with van der Waals surface area (Å²) in [7, 11) is 0. The van der Waals surface area contributed by atoms with Crippen molar-refractivity contribution in [1.82, 2.24) is 5.32 Å². The third kappa shape index (κ3) is 7.33. The van der Waals surface area contributed by atoms with E-state index in [1.807, 2.05) is 31.2 Å². The van der Waals surface area contributed by atoms with Gasteiger partial charge in [-0.1, -0.05) is 60.7 Å². The number of aromatic hydroxyl groups is 1. The van der Waals surface area contributed by atoms with E-state index in [2.05, 4.69) is 5.32 Å². The summed E-state index contributed by atoms with van der Waals surface area (Å²) in [6.07, 6.45) is -0.113. The predicted molar refractivity (Wildman–Crippen MR) is 127 cm³/mol. The Balaban J connectivity index is 1.48. The third-order valence-electron chi connectivity index (χ3n) is 5.60. The van der Waals surface area contributed by atoms with Crippen LogP contribution in [0.25, 0.3) is 0 Å². The average Bonchev–Trinajstić information content (AvgIpc) is 2.83. The van der Waals surface area contributed by atoms with Crippen molar-refractivity contribution in [3.63, 3.8) is 0 Å². The number of aliphatic hydroxyl groups is 2. The molecule has 3 rings (SSSR count). The van der Waals surface area contributed by atoms with Crippen molar-refractivity contribution in [2.24, 2.45) is 0 Å². The van der Waals surface area contributed by atoms with E-state index in [-0.39, 0.29) is 30.6 Å². The lowest BCUT2D eigenvalue weighted by atomic mass is 10.0. The van der Waals surface area contributed by atoms with E-state index in [0.717, 1.165) is 11.1 Å². The number of rotatable bonds is 12. The molecule has 0 aliphatic carbocycles. The number of alkyl halides is 2. The summed E-state index contributed by atoms with van der Waals surface area (Å²) in [5.41, 5.74) is 2.75. The highest BCUT2D eigenvalue weighted by molar-refractivity contribution is 5.36. The Hall–Kier alpha value is -2.84. The number of nitrogens with one attached hydrogen (secondary N) is 1. The number of ether oxygens (including phenoxy) is 1. The monoisotopic (exact) mass is 471 g/mol. The zero-order chi connectivity index (χ0) is 24.6. The van der Waals surface area contributed by atoms with Crippen molar-refractivity contribution in [2.45, 2.75) is 44.6 Å². The molecule has 0 aliphatic rings. The quantitative estimate of drug-likeness (QED) is 0.314. The van der Waals surface area contributed by atoms with Gasteiger partial charge in [-0.25, -0.2) is 0 Å². The van der Waals surface area contributed by atoms with Gasteiger partial charge in [-0.2, -0.15) is 8.78 Å². The molecule has 0 spiro atoms. The molecule has 0 aromatic heterocycles. The normalized spacial score (nSPS) is 13.6. The molecular formula is C27H31F2NO4. The molecule has 0 saturated heterocycles. The molecule has 0 aliphatic heterocycles. The minimum absolute atomic E-state index is 0.00702. The maximum Gasteiger partial charge on any atom is 0.296 e. The number of phenols is 1. The molecule has 4 N–H and O–H groups in total. The largest absolute Gasteiger partial charge is 0.508 e. The van der Waals surface area contributed by atoms with Gasteiger partial charge in [0.2, 0.25) is 0 Å². The van der Waals surface area contributed by atoms with Crippen molar-refractivity contribution >= 4 is 0 Å². The maximum absolute atomic E-state index is 14.3. The van der Waals surface area contributed by atoms with Crippen molar-refractivity contribution in [1.29, 1.82) is 0 Å². The summed E-state index contributed by atoms with van der Waals surface area (Å²) in [4.78, 5) is 0. The van der Waals surface area contributed by atoms with E-state index in [1.165, 1.54) is 18.2 Å². The Morgan fingerprint density at radius 3 is 2.44 bits per heavy atom. The van der Waals surface area contributed by atoms with Gasteiger partial charge in [0.05, 0.1) is 19.3 Å². The summed E-state index contributed by atoms with van der Waals surface area (Å²) in [6.45, 7) is 1.39. The van der Waals surface area contributed by atoms with E-state index in [4.69, 9.17) is 4.74 Å². The minimum Gasteiger partial charge on any atom is -0.508 e. The second-order valence-corrected chi connectivity index (χ2v) is 8.46. The molecule has 0 saturated carbocycles. The molecule has 34 heavy (non-hydrogen) atoms. The summed E-state index contributed by atoms with van der Waals surface area (Å²) in [5.74, 6) is -3.06. The van der Waals surface area contributed by atoms with Crippen LogP contribution in [0.5, 0.6) is 5.75 Å². The van der Waals surface area contributed by atoms with Crippen LogP contribution >= 0.6 is 0 Å². The van der Waals surface area contributed by atoms with Gasteiger partial charge < -0.3 is 25.4 Å². The molecule has 2 atom stereocenters. The number of hydrogen-bond donors (Lipinski definition) is 4. The van der Waals surface area contributed by atoms with Gasteiger partial charge in [0, 0.05) is 23.7 Å². The Morgan fingerprint density at radius 1 is 0.971 bits per heavy atom. The number of benzene rings is 3. The zero-order valence-corrected chi connectivity index (χ0v) is 19.1. The lowest BCUT2D eigenvalue weighted by Crippen LogP contribution is -2.32. The standard InChI is InChI=1S/C27H31F2NO4/c1-19(30-15-26(33)22-10-11-25(32)23(14-22)16-31)12-20-6-5-7-21(13-20)17-34-18-27(28,29)24-8-3-2-4-9-24/h2-11,13-14,19,26,30-33H,12,15-18H2,1H3. The second-order valence-electron chi connectivity index (χ2n) is 8.46. The summed E-state index contributed by atoms with van der Waals surface area (Å²) in [5, 5.41) is 32.6. The molecule has 0 bridgehead atoms. The van der Waals surface area contributed by atoms with Gasteiger partial charge in [0.25, 0.3) is 5.92 Å². The van der Waals surface area contributed by atoms with Gasteiger partial charge >= 0.3 is 0 Å². The second kappa shape index (κ2) is 12.0. The van der Waals surface area contributed by atoms with Gasteiger partial charge in [0.15, 0.2) is 0 Å². The highest BCUT2D eigenvalue weighted by atomic mass is 19.3. The van der Waals surface area contributed by atoms with Gasteiger partial charge in [-0.05, 0) is 42.2 Å². The first kappa shape index (κ1) is 25.8. The van der Waals surface area contributed by atoms with Crippen LogP contribution in [-0.2, 0) is 30.3 Å². The molecule has 182 valence electrons. The smallest absolute Gasteiger partial charge is 0.296 e. The Labute approximate surface area is 198 Å². The van der Waals surface area contributed by atoms with Crippen LogP contribution < -0.4 is 5.32 Å². The van der Waals surface area contributed by atoms with Crippen LogP contribution in [0.15, 0.2) is 72.8 Å². The van der Waals surface area contributed by atoms with Crippen molar-refractivity contribution in [3.8, 4) is 5.75 Å². The van der Waals surface area contributed by atoms with E-state index < -0.39 is 18.6 Å². The molecule has 3 aromatic rings. The van der Waals surface area contributed by atoms with E-state index in [9.17, 15) is 24.1 Å². The van der Waals surface area contributed by atoms with Crippen LogP contribution in [0.4, 0.5) is 8.78 Å². The first-order valence-electron chi connectivity index (χ1n) is 11.2. The number of halogens is 2. The van der Waals surface area contributed by atoms with Crippen molar-refractivity contribution in [2.75, 3.05) is 13.2 Å². The highest BCUT2D eigenvalue weighted by Gasteiger charge is 2.31. The Morgan fingerprint density at radius 2 is 1.71 bits per heavy atom. The summed E-state index contributed by atoms with van der Waals surface area (Å²) in [6, 6.07) is 20.0. The molecule has 5 nitrogen and oxygen atoms in total. The maximum atomic E-state index is 14.3. The first-order valence-corrected chi connectivity index (χ1v) is 11.2. The van der Waals surface area contributed by atoms with Crippen LogP contribution in [0.2, 0.25) is 0 Å². The first-order chi connectivity index (χ1) is 16.3. The molecule has 0 amide bonds. The van der Waals surface area contributed by atoms with Gasteiger partial charge in [-0.15, -0.1) is 0 Å².